The molecular weight excluding hydrogens is 418 g/mol. The molecule has 4 amide bonds. The van der Waals surface area contributed by atoms with Crippen LogP contribution in [0.4, 0.5) is 0 Å². The quantitative estimate of drug-likeness (QED) is 0.525. The van der Waals surface area contributed by atoms with Gasteiger partial charge in [0.25, 0.3) is 23.6 Å². The van der Waals surface area contributed by atoms with Crippen molar-refractivity contribution in [1.29, 1.82) is 0 Å². The molecule has 0 bridgehead atoms. The molecule has 1 aliphatic carbocycles. The number of carbonyl (C=O) groups is 4. The van der Waals surface area contributed by atoms with Gasteiger partial charge in [0.05, 0.1) is 22.3 Å². The second kappa shape index (κ2) is 8.90. The summed E-state index contributed by atoms with van der Waals surface area (Å²) in [6.45, 7) is 3.31. The molecule has 3 aliphatic rings. The molecular formula is C26H27N3O4. The summed E-state index contributed by atoms with van der Waals surface area (Å²) >= 11 is 0. The van der Waals surface area contributed by atoms with Gasteiger partial charge in [0.1, 0.15) is 0 Å². The molecule has 0 atom stereocenters. The first kappa shape index (κ1) is 21.5. The van der Waals surface area contributed by atoms with Gasteiger partial charge in [-0.05, 0) is 69.0 Å². The molecule has 2 heterocycles. The second-order valence-corrected chi connectivity index (χ2v) is 9.07. The number of fused-ring (bicyclic) bond motifs is 2. The molecule has 7 heteroatoms. The molecule has 0 radical (unpaired) electrons. The summed E-state index contributed by atoms with van der Waals surface area (Å²) in [5, 5.41) is 0. The highest BCUT2D eigenvalue weighted by Gasteiger charge is 2.36. The average molecular weight is 446 g/mol. The molecule has 0 saturated heterocycles. The topological polar surface area (TPSA) is 78.0 Å². The fourth-order valence-electron chi connectivity index (χ4n) is 4.75. The minimum absolute atomic E-state index is 0.213. The molecule has 7 nitrogen and oxygen atoms in total. The van der Waals surface area contributed by atoms with Gasteiger partial charge >= 0.3 is 0 Å². The van der Waals surface area contributed by atoms with Crippen LogP contribution >= 0.6 is 0 Å². The summed E-state index contributed by atoms with van der Waals surface area (Å²) in [4.78, 5) is 55.3. The maximum absolute atomic E-state index is 12.6. The molecule has 1 fully saturated rings. The van der Waals surface area contributed by atoms with Gasteiger partial charge < -0.3 is 4.90 Å². The molecule has 0 unspecified atom stereocenters. The highest BCUT2D eigenvalue weighted by molar-refractivity contribution is 6.22. The van der Waals surface area contributed by atoms with Crippen LogP contribution in [-0.2, 0) is 0 Å². The van der Waals surface area contributed by atoms with E-state index in [2.05, 4.69) is 4.90 Å². The zero-order chi connectivity index (χ0) is 22.9. The van der Waals surface area contributed by atoms with Crippen LogP contribution in [0.5, 0.6) is 0 Å². The number of hydrogen-bond acceptors (Lipinski definition) is 5. The van der Waals surface area contributed by atoms with E-state index in [9.17, 15) is 19.2 Å². The van der Waals surface area contributed by atoms with Crippen LogP contribution in [0.2, 0.25) is 0 Å². The number of carbonyl (C=O) groups excluding carboxylic acids is 4. The minimum atomic E-state index is -0.213. The number of benzene rings is 2. The Morgan fingerprint density at radius 3 is 1.33 bits per heavy atom. The van der Waals surface area contributed by atoms with Crippen LogP contribution in [0.1, 0.15) is 67.1 Å². The molecule has 2 aromatic rings. The van der Waals surface area contributed by atoms with Crippen molar-refractivity contribution in [1.82, 2.24) is 14.7 Å². The van der Waals surface area contributed by atoms with Crippen LogP contribution in [0.25, 0.3) is 0 Å². The highest BCUT2D eigenvalue weighted by atomic mass is 16.2. The smallest absolute Gasteiger partial charge is 0.261 e. The molecule has 2 aromatic carbocycles. The average Bonchev–Trinajstić information content (AvgIpc) is 3.58. The molecule has 2 aliphatic heterocycles. The van der Waals surface area contributed by atoms with Gasteiger partial charge in [-0.1, -0.05) is 24.3 Å². The number of imide groups is 2. The van der Waals surface area contributed by atoms with E-state index < -0.39 is 0 Å². The fraction of sp³-hybridized carbons (Fsp3) is 0.385. The van der Waals surface area contributed by atoms with Crippen molar-refractivity contribution < 1.29 is 19.2 Å². The Morgan fingerprint density at radius 1 is 0.636 bits per heavy atom. The Labute approximate surface area is 193 Å². The number of nitrogens with zero attached hydrogens (tertiary/aromatic N) is 3. The molecule has 0 aromatic heterocycles. The van der Waals surface area contributed by atoms with Gasteiger partial charge in [0, 0.05) is 19.6 Å². The zero-order valence-corrected chi connectivity index (χ0v) is 18.5. The molecule has 33 heavy (non-hydrogen) atoms. The highest BCUT2D eigenvalue weighted by Crippen LogP contribution is 2.30. The first-order valence-electron chi connectivity index (χ1n) is 11.7. The summed E-state index contributed by atoms with van der Waals surface area (Å²) < 4.78 is 0. The van der Waals surface area contributed by atoms with Gasteiger partial charge in [-0.25, -0.2) is 0 Å². The second-order valence-electron chi connectivity index (χ2n) is 9.07. The van der Waals surface area contributed by atoms with Gasteiger partial charge in [-0.2, -0.15) is 0 Å². The van der Waals surface area contributed by atoms with Gasteiger partial charge in [0.2, 0.25) is 0 Å². The minimum Gasteiger partial charge on any atom is -0.303 e. The SMILES string of the molecule is O=C1c2ccccc2C(=O)N1CCCN(CCCN1C(=O)c2ccccc2C1=O)CC1CC1. The van der Waals surface area contributed by atoms with Crippen molar-refractivity contribution in [3.05, 3.63) is 70.8 Å². The van der Waals surface area contributed by atoms with Crippen LogP contribution in [-0.4, -0.2) is 71.1 Å². The Balaban J connectivity index is 1.13. The van der Waals surface area contributed by atoms with E-state index in [-0.39, 0.29) is 23.6 Å². The lowest BCUT2D eigenvalue weighted by molar-refractivity contribution is 0.0640. The molecule has 0 N–H and O–H groups in total. The lowest BCUT2D eigenvalue weighted by Gasteiger charge is -2.24. The van der Waals surface area contributed by atoms with Crippen LogP contribution < -0.4 is 0 Å². The Morgan fingerprint density at radius 2 is 1.00 bits per heavy atom. The van der Waals surface area contributed by atoms with Crippen molar-refractivity contribution in [3.63, 3.8) is 0 Å². The van der Waals surface area contributed by atoms with Gasteiger partial charge in [-0.15, -0.1) is 0 Å². The molecule has 1 saturated carbocycles. The van der Waals surface area contributed by atoms with E-state index in [1.54, 1.807) is 48.5 Å². The van der Waals surface area contributed by atoms with E-state index in [1.807, 2.05) is 0 Å². The largest absolute Gasteiger partial charge is 0.303 e. The summed E-state index contributed by atoms with van der Waals surface area (Å²) in [6, 6.07) is 13.9. The molecule has 0 spiro atoms. The van der Waals surface area contributed by atoms with Gasteiger partial charge in [0.15, 0.2) is 0 Å². The zero-order valence-electron chi connectivity index (χ0n) is 18.5. The fourth-order valence-corrected chi connectivity index (χ4v) is 4.75. The Kier molecular flexibility index (Phi) is 5.81. The van der Waals surface area contributed by atoms with Gasteiger partial charge in [-0.3, -0.25) is 29.0 Å². The van der Waals surface area contributed by atoms with Crippen molar-refractivity contribution in [2.75, 3.05) is 32.7 Å². The van der Waals surface area contributed by atoms with E-state index in [4.69, 9.17) is 0 Å². The Bertz CT molecular complexity index is 973. The number of amides is 4. The van der Waals surface area contributed by atoms with Crippen molar-refractivity contribution >= 4 is 23.6 Å². The lowest BCUT2D eigenvalue weighted by atomic mass is 10.1. The van der Waals surface area contributed by atoms with Crippen molar-refractivity contribution in [2.24, 2.45) is 5.92 Å². The summed E-state index contributed by atoms with van der Waals surface area (Å²) in [5.41, 5.74) is 1.94. The first-order valence-corrected chi connectivity index (χ1v) is 11.7. The molecule has 5 rings (SSSR count). The maximum Gasteiger partial charge on any atom is 0.261 e. The van der Waals surface area contributed by atoms with Crippen LogP contribution in [0.15, 0.2) is 48.5 Å². The third kappa shape index (κ3) is 4.20. The summed E-state index contributed by atoms with van der Waals surface area (Å²) in [7, 11) is 0. The van der Waals surface area contributed by atoms with Crippen LogP contribution in [0.3, 0.4) is 0 Å². The Hall–Kier alpha value is -3.32. The van der Waals surface area contributed by atoms with Crippen LogP contribution in [0, 0.1) is 5.92 Å². The monoisotopic (exact) mass is 445 g/mol. The molecule has 170 valence electrons. The number of hydrogen-bond donors (Lipinski definition) is 0. The first-order chi connectivity index (χ1) is 16.0. The third-order valence-corrected chi connectivity index (χ3v) is 6.68. The number of rotatable bonds is 10. The van der Waals surface area contributed by atoms with E-state index >= 15 is 0 Å². The lowest BCUT2D eigenvalue weighted by Crippen LogP contribution is -2.36. The van der Waals surface area contributed by atoms with Crippen molar-refractivity contribution in [3.8, 4) is 0 Å². The van der Waals surface area contributed by atoms with Crippen molar-refractivity contribution in [2.45, 2.75) is 25.7 Å². The summed E-state index contributed by atoms with van der Waals surface area (Å²) in [5.74, 6) is -0.154. The summed E-state index contributed by atoms with van der Waals surface area (Å²) in [6.07, 6.45) is 3.86. The van der Waals surface area contributed by atoms with E-state index in [1.165, 1.54) is 22.6 Å². The maximum atomic E-state index is 12.6. The standard InChI is InChI=1S/C26H27N3O4/c30-23-19-7-1-2-8-20(19)24(31)28(23)15-5-13-27(17-18-11-12-18)14-6-16-29-25(32)21-9-3-4-10-22(21)26(29)33/h1-4,7-10,18H,5-6,11-17H2. The third-order valence-electron chi connectivity index (χ3n) is 6.68. The van der Waals surface area contributed by atoms with E-state index in [0.29, 0.717) is 54.1 Å². The predicted octanol–water partition coefficient (Wildman–Crippen LogP) is 3.07. The predicted molar refractivity (Wildman–Crippen MR) is 122 cm³/mol. The van der Waals surface area contributed by atoms with E-state index in [0.717, 1.165) is 19.6 Å². The normalized spacial score (nSPS) is 17.4.